The van der Waals surface area contributed by atoms with Crippen molar-refractivity contribution in [3.8, 4) is 0 Å². The molecule has 0 spiro atoms. The van der Waals surface area contributed by atoms with Gasteiger partial charge in [0.15, 0.2) is 5.78 Å². The predicted octanol–water partition coefficient (Wildman–Crippen LogP) is 2.96. The number of rotatable bonds is 5. The van der Waals surface area contributed by atoms with Crippen molar-refractivity contribution in [3.63, 3.8) is 0 Å². The lowest BCUT2D eigenvalue weighted by molar-refractivity contribution is 0.0443. The molecule has 1 unspecified atom stereocenters. The predicted molar refractivity (Wildman–Crippen MR) is 56.4 cm³/mol. The van der Waals surface area contributed by atoms with E-state index in [0.717, 1.165) is 18.2 Å². The molecular formula is C12H14F2O2. The molecule has 16 heavy (non-hydrogen) atoms. The van der Waals surface area contributed by atoms with Crippen LogP contribution in [0.1, 0.15) is 30.6 Å². The highest BCUT2D eigenvalue weighted by Crippen LogP contribution is 2.13. The first-order valence-electron chi connectivity index (χ1n) is 5.20. The van der Waals surface area contributed by atoms with E-state index in [2.05, 4.69) is 0 Å². The summed E-state index contributed by atoms with van der Waals surface area (Å²) >= 11 is 0. The van der Waals surface area contributed by atoms with E-state index in [1.165, 1.54) is 0 Å². The quantitative estimate of drug-likeness (QED) is 0.724. The molecule has 2 nitrogen and oxygen atoms in total. The van der Waals surface area contributed by atoms with Gasteiger partial charge in [-0.3, -0.25) is 4.79 Å². The Morgan fingerprint density at radius 2 is 1.81 bits per heavy atom. The summed E-state index contributed by atoms with van der Waals surface area (Å²) in [6, 6.07) is 2.78. The summed E-state index contributed by atoms with van der Waals surface area (Å²) in [5.41, 5.74) is 0.0119. The molecule has 0 radical (unpaired) electrons. The third-order valence-corrected chi connectivity index (χ3v) is 2.18. The van der Waals surface area contributed by atoms with Crippen molar-refractivity contribution in [1.29, 1.82) is 0 Å². The molecule has 1 aromatic rings. The third kappa shape index (κ3) is 3.10. The minimum absolute atomic E-state index is 0.0119. The van der Waals surface area contributed by atoms with Gasteiger partial charge in [-0.05, 0) is 25.5 Å². The van der Waals surface area contributed by atoms with Gasteiger partial charge in [-0.15, -0.1) is 0 Å². The summed E-state index contributed by atoms with van der Waals surface area (Å²) in [4.78, 5) is 11.8. The SMILES string of the molecule is CCOC(CC)C(=O)c1cc(F)cc(F)c1. The van der Waals surface area contributed by atoms with E-state index in [-0.39, 0.29) is 11.3 Å². The number of benzene rings is 1. The third-order valence-electron chi connectivity index (χ3n) is 2.18. The zero-order valence-corrected chi connectivity index (χ0v) is 9.30. The first-order chi connectivity index (χ1) is 7.58. The number of hydrogen-bond acceptors (Lipinski definition) is 2. The number of carbonyl (C=O) groups is 1. The topological polar surface area (TPSA) is 26.3 Å². The van der Waals surface area contributed by atoms with E-state index >= 15 is 0 Å². The number of ether oxygens (including phenoxy) is 1. The van der Waals surface area contributed by atoms with Gasteiger partial charge in [0.05, 0.1) is 0 Å². The van der Waals surface area contributed by atoms with Crippen molar-refractivity contribution in [2.45, 2.75) is 26.4 Å². The van der Waals surface area contributed by atoms with Gasteiger partial charge in [-0.2, -0.15) is 0 Å². The first kappa shape index (κ1) is 12.8. The van der Waals surface area contributed by atoms with Crippen LogP contribution in [0, 0.1) is 11.6 Å². The fourth-order valence-electron chi connectivity index (χ4n) is 1.46. The molecule has 0 saturated heterocycles. The van der Waals surface area contributed by atoms with Crippen LogP contribution >= 0.6 is 0 Å². The summed E-state index contributed by atoms with van der Waals surface area (Å²) < 4.78 is 31.0. The van der Waals surface area contributed by atoms with Gasteiger partial charge in [0.2, 0.25) is 0 Å². The molecule has 0 aromatic heterocycles. The van der Waals surface area contributed by atoms with Gasteiger partial charge < -0.3 is 4.74 Å². The molecule has 1 rings (SSSR count). The lowest BCUT2D eigenvalue weighted by atomic mass is 10.0. The second-order valence-electron chi connectivity index (χ2n) is 3.37. The Labute approximate surface area is 93.2 Å². The van der Waals surface area contributed by atoms with Gasteiger partial charge >= 0.3 is 0 Å². The maximum absolute atomic E-state index is 12.9. The molecule has 88 valence electrons. The zero-order valence-electron chi connectivity index (χ0n) is 9.30. The van der Waals surface area contributed by atoms with E-state index in [4.69, 9.17) is 4.74 Å². The van der Waals surface area contributed by atoms with Crippen LogP contribution in [0.4, 0.5) is 8.78 Å². The average Bonchev–Trinajstić information content (AvgIpc) is 2.23. The van der Waals surface area contributed by atoms with Crippen LogP contribution in [0.5, 0.6) is 0 Å². The molecule has 4 heteroatoms. The maximum Gasteiger partial charge on any atom is 0.191 e. The summed E-state index contributed by atoms with van der Waals surface area (Å²) in [6.45, 7) is 3.94. The van der Waals surface area contributed by atoms with E-state index in [1.54, 1.807) is 13.8 Å². The normalized spacial score (nSPS) is 12.5. The Morgan fingerprint density at radius 3 is 2.25 bits per heavy atom. The summed E-state index contributed by atoms with van der Waals surface area (Å²) in [6.07, 6.45) is -0.156. The van der Waals surface area contributed by atoms with Crippen molar-refractivity contribution in [2.24, 2.45) is 0 Å². The van der Waals surface area contributed by atoms with Gasteiger partial charge in [-0.25, -0.2) is 8.78 Å². The van der Waals surface area contributed by atoms with Crippen molar-refractivity contribution in [1.82, 2.24) is 0 Å². The minimum Gasteiger partial charge on any atom is -0.370 e. The smallest absolute Gasteiger partial charge is 0.191 e. The second kappa shape index (κ2) is 5.70. The fraction of sp³-hybridized carbons (Fsp3) is 0.417. The van der Waals surface area contributed by atoms with Gasteiger partial charge in [0.1, 0.15) is 17.7 Å². The number of halogens is 2. The number of carbonyl (C=O) groups excluding carboxylic acids is 1. The van der Waals surface area contributed by atoms with Crippen LogP contribution in [0.3, 0.4) is 0 Å². The monoisotopic (exact) mass is 228 g/mol. The Balaban J connectivity index is 2.94. The summed E-state index contributed by atoms with van der Waals surface area (Å²) in [7, 11) is 0. The van der Waals surface area contributed by atoms with E-state index in [9.17, 15) is 13.6 Å². The van der Waals surface area contributed by atoms with Crippen molar-refractivity contribution in [2.75, 3.05) is 6.61 Å². The molecule has 1 aromatic carbocycles. The Bertz CT molecular complexity index is 357. The highest BCUT2D eigenvalue weighted by atomic mass is 19.1. The summed E-state index contributed by atoms with van der Waals surface area (Å²) in [5, 5.41) is 0. The largest absolute Gasteiger partial charge is 0.370 e. The van der Waals surface area contributed by atoms with Crippen LogP contribution in [-0.4, -0.2) is 18.5 Å². The van der Waals surface area contributed by atoms with Crippen molar-refractivity contribution >= 4 is 5.78 Å². The maximum atomic E-state index is 12.9. The van der Waals surface area contributed by atoms with E-state index in [0.29, 0.717) is 13.0 Å². The number of hydrogen-bond donors (Lipinski definition) is 0. The first-order valence-corrected chi connectivity index (χ1v) is 5.20. The number of ketones is 1. The molecule has 0 aliphatic carbocycles. The summed E-state index contributed by atoms with van der Waals surface area (Å²) in [5.74, 6) is -1.90. The molecule has 1 atom stereocenters. The van der Waals surface area contributed by atoms with E-state index in [1.807, 2.05) is 0 Å². The van der Waals surface area contributed by atoms with Crippen molar-refractivity contribution < 1.29 is 18.3 Å². The van der Waals surface area contributed by atoms with Crippen LogP contribution in [0.2, 0.25) is 0 Å². The minimum atomic E-state index is -0.755. The van der Waals surface area contributed by atoms with Crippen LogP contribution in [-0.2, 0) is 4.74 Å². The van der Waals surface area contributed by atoms with Gasteiger partial charge in [0.25, 0.3) is 0 Å². The zero-order chi connectivity index (χ0) is 12.1. The molecule has 0 heterocycles. The molecular weight excluding hydrogens is 214 g/mol. The molecule has 0 amide bonds. The fourth-order valence-corrected chi connectivity index (χ4v) is 1.46. The lowest BCUT2D eigenvalue weighted by Gasteiger charge is -2.13. The van der Waals surface area contributed by atoms with E-state index < -0.39 is 17.7 Å². The standard InChI is InChI=1S/C12H14F2O2/c1-3-11(16-4-2)12(15)8-5-9(13)7-10(14)6-8/h5-7,11H,3-4H2,1-2H3. The Hall–Kier alpha value is -1.29. The molecule has 0 fully saturated rings. The van der Waals surface area contributed by atoms with Crippen LogP contribution < -0.4 is 0 Å². The van der Waals surface area contributed by atoms with Crippen LogP contribution in [0.15, 0.2) is 18.2 Å². The molecule has 0 N–H and O–H groups in total. The molecule has 0 bridgehead atoms. The lowest BCUT2D eigenvalue weighted by Crippen LogP contribution is -2.23. The Morgan fingerprint density at radius 1 is 1.25 bits per heavy atom. The second-order valence-corrected chi connectivity index (χ2v) is 3.37. The highest BCUT2D eigenvalue weighted by molar-refractivity contribution is 5.99. The van der Waals surface area contributed by atoms with Crippen LogP contribution in [0.25, 0.3) is 0 Å². The van der Waals surface area contributed by atoms with Crippen molar-refractivity contribution in [3.05, 3.63) is 35.4 Å². The molecule has 0 aliphatic heterocycles. The Kier molecular flexibility index (Phi) is 4.55. The molecule has 0 saturated carbocycles. The number of Topliss-reactive ketones (excluding diaryl/α,β-unsaturated/α-hetero) is 1. The molecule has 0 aliphatic rings. The van der Waals surface area contributed by atoms with Gasteiger partial charge in [-0.1, -0.05) is 6.92 Å². The average molecular weight is 228 g/mol. The van der Waals surface area contributed by atoms with Gasteiger partial charge in [0, 0.05) is 18.2 Å². The highest BCUT2D eigenvalue weighted by Gasteiger charge is 2.19.